The third-order valence-electron chi connectivity index (χ3n) is 3.69. The van der Waals surface area contributed by atoms with Crippen LogP contribution in [-0.2, 0) is 21.1 Å². The van der Waals surface area contributed by atoms with E-state index in [-0.39, 0.29) is 29.6 Å². The van der Waals surface area contributed by atoms with Crippen molar-refractivity contribution >= 4 is 15.7 Å². The molecule has 0 unspecified atom stereocenters. The number of carbonyl (C=O) groups excluding carboxylic acids is 1. The Balaban J connectivity index is 1.87. The molecule has 1 amide bonds. The minimum absolute atomic E-state index is 0.139. The highest BCUT2D eigenvalue weighted by Gasteiger charge is 2.18. The Morgan fingerprint density at radius 1 is 1.08 bits per heavy atom. The van der Waals surface area contributed by atoms with Gasteiger partial charge in [0.2, 0.25) is 5.91 Å². The molecule has 0 aliphatic carbocycles. The third kappa shape index (κ3) is 5.43. The highest BCUT2D eigenvalue weighted by Crippen LogP contribution is 2.16. The predicted octanol–water partition coefficient (Wildman–Crippen LogP) is 2.72. The molecular weight excluding hydrogens is 353 g/mol. The second-order valence-electron chi connectivity index (χ2n) is 6.00. The monoisotopic (exact) mass is 373 g/mol. The molecule has 0 saturated heterocycles. The van der Waals surface area contributed by atoms with E-state index in [0.29, 0.717) is 5.56 Å². The zero-order chi connectivity index (χ0) is 19.2. The number of hydrogen-bond donors (Lipinski definition) is 1. The number of halogens is 1. The lowest BCUT2D eigenvalue weighted by Crippen LogP contribution is -2.25. The van der Waals surface area contributed by atoms with E-state index < -0.39 is 15.1 Å². The third-order valence-corrected chi connectivity index (χ3v) is 5.86. The molecule has 0 saturated carbocycles. The van der Waals surface area contributed by atoms with Gasteiger partial charge in [-0.2, -0.15) is 0 Å². The van der Waals surface area contributed by atoms with Gasteiger partial charge in [0.05, 0.1) is 23.1 Å². The first-order valence-electron chi connectivity index (χ1n) is 8.13. The van der Waals surface area contributed by atoms with E-state index in [1.807, 2.05) is 0 Å². The Hall–Kier alpha value is -2.65. The number of amides is 1. The lowest BCUT2D eigenvalue weighted by Gasteiger charge is -2.08. The first kappa shape index (κ1) is 19.7. The van der Waals surface area contributed by atoms with Crippen LogP contribution in [0.2, 0.25) is 0 Å². The van der Waals surface area contributed by atoms with Gasteiger partial charge in [-0.3, -0.25) is 4.79 Å². The molecule has 2 aromatic carbocycles. The van der Waals surface area contributed by atoms with Gasteiger partial charge in [-0.15, -0.1) is 0 Å². The second kappa shape index (κ2) is 8.63. The van der Waals surface area contributed by atoms with E-state index in [1.165, 1.54) is 24.3 Å². The molecule has 0 bridgehead atoms. The predicted molar refractivity (Wildman–Crippen MR) is 98.8 cm³/mol. The van der Waals surface area contributed by atoms with E-state index in [9.17, 15) is 17.6 Å². The number of hydrogen-bond acceptors (Lipinski definition) is 3. The molecule has 6 heteroatoms. The summed E-state index contributed by atoms with van der Waals surface area (Å²) in [4.78, 5) is 12.2. The van der Waals surface area contributed by atoms with Crippen LogP contribution in [-0.4, -0.2) is 26.1 Å². The number of carbonyl (C=O) groups is 1. The molecule has 0 heterocycles. The van der Waals surface area contributed by atoms with Crippen LogP contribution in [0.1, 0.15) is 25.0 Å². The van der Waals surface area contributed by atoms with Gasteiger partial charge in [-0.25, -0.2) is 12.8 Å². The van der Waals surface area contributed by atoms with Crippen molar-refractivity contribution in [1.29, 1.82) is 0 Å². The average molecular weight is 373 g/mol. The highest BCUT2D eigenvalue weighted by molar-refractivity contribution is 7.92. The Kier molecular flexibility index (Phi) is 6.53. The Labute approximate surface area is 153 Å². The quantitative estimate of drug-likeness (QED) is 0.820. The minimum Gasteiger partial charge on any atom is -0.345 e. The Morgan fingerprint density at radius 2 is 1.69 bits per heavy atom. The van der Waals surface area contributed by atoms with Crippen molar-refractivity contribution in [3.05, 3.63) is 65.5 Å². The maximum atomic E-state index is 12.8. The largest absolute Gasteiger partial charge is 0.345 e. The van der Waals surface area contributed by atoms with E-state index in [1.54, 1.807) is 38.1 Å². The summed E-state index contributed by atoms with van der Waals surface area (Å²) in [6.45, 7) is 3.43. The number of nitrogens with one attached hydrogen (secondary N) is 1. The zero-order valence-electron chi connectivity index (χ0n) is 14.6. The highest BCUT2D eigenvalue weighted by atomic mass is 32.2. The van der Waals surface area contributed by atoms with Crippen LogP contribution in [0.5, 0.6) is 0 Å². The van der Waals surface area contributed by atoms with Crippen molar-refractivity contribution in [3.8, 4) is 11.8 Å². The SMILES string of the molecule is CC(C)S(=O)(=O)c1ccc(CC(=O)NCC#Cc2ccc(F)cc2)cc1. The topological polar surface area (TPSA) is 63.2 Å². The summed E-state index contributed by atoms with van der Waals surface area (Å²) in [6.07, 6.45) is 0.139. The molecule has 1 N–H and O–H groups in total. The molecule has 0 radical (unpaired) electrons. The average Bonchev–Trinajstić information content (AvgIpc) is 2.60. The van der Waals surface area contributed by atoms with Gasteiger partial charge in [-0.05, 0) is 55.8 Å². The molecule has 0 spiro atoms. The molecule has 4 nitrogen and oxygen atoms in total. The van der Waals surface area contributed by atoms with Crippen LogP contribution < -0.4 is 5.32 Å². The van der Waals surface area contributed by atoms with Crippen LogP contribution in [0.15, 0.2) is 53.4 Å². The van der Waals surface area contributed by atoms with Crippen LogP contribution in [0.4, 0.5) is 4.39 Å². The number of rotatable bonds is 5. The first-order chi connectivity index (χ1) is 12.3. The van der Waals surface area contributed by atoms with Gasteiger partial charge in [0.25, 0.3) is 0 Å². The van der Waals surface area contributed by atoms with Crippen molar-refractivity contribution in [2.45, 2.75) is 30.4 Å². The van der Waals surface area contributed by atoms with Gasteiger partial charge in [0.1, 0.15) is 5.82 Å². The normalized spacial score (nSPS) is 10.9. The van der Waals surface area contributed by atoms with Crippen LogP contribution in [0, 0.1) is 17.7 Å². The van der Waals surface area contributed by atoms with Crippen molar-refractivity contribution in [2.75, 3.05) is 6.54 Å². The van der Waals surface area contributed by atoms with Crippen LogP contribution in [0.25, 0.3) is 0 Å². The van der Waals surface area contributed by atoms with Crippen LogP contribution in [0.3, 0.4) is 0 Å². The lowest BCUT2D eigenvalue weighted by molar-refractivity contribution is -0.120. The van der Waals surface area contributed by atoms with Crippen molar-refractivity contribution < 1.29 is 17.6 Å². The summed E-state index contributed by atoms with van der Waals surface area (Å²) in [5.41, 5.74) is 1.39. The molecule has 26 heavy (non-hydrogen) atoms. The summed E-state index contributed by atoms with van der Waals surface area (Å²) in [7, 11) is -3.31. The molecular formula is C20H20FNO3S. The van der Waals surface area contributed by atoms with Gasteiger partial charge < -0.3 is 5.32 Å². The fourth-order valence-electron chi connectivity index (χ4n) is 2.14. The summed E-state index contributed by atoms with van der Waals surface area (Å²) in [5.74, 6) is 5.09. The summed E-state index contributed by atoms with van der Waals surface area (Å²) < 4.78 is 36.9. The smallest absolute Gasteiger partial charge is 0.225 e. The maximum absolute atomic E-state index is 12.8. The maximum Gasteiger partial charge on any atom is 0.225 e. The van der Waals surface area contributed by atoms with E-state index >= 15 is 0 Å². The molecule has 0 aliphatic heterocycles. The fraction of sp³-hybridized carbons (Fsp3) is 0.250. The minimum atomic E-state index is -3.31. The summed E-state index contributed by atoms with van der Waals surface area (Å²) in [5, 5.41) is 2.18. The number of sulfone groups is 1. The van der Waals surface area contributed by atoms with Crippen molar-refractivity contribution in [1.82, 2.24) is 5.32 Å². The Bertz CT molecular complexity index is 922. The van der Waals surface area contributed by atoms with Gasteiger partial charge in [0.15, 0.2) is 9.84 Å². The van der Waals surface area contributed by atoms with Crippen molar-refractivity contribution in [3.63, 3.8) is 0 Å². The first-order valence-corrected chi connectivity index (χ1v) is 9.67. The van der Waals surface area contributed by atoms with Crippen molar-refractivity contribution in [2.24, 2.45) is 0 Å². The van der Waals surface area contributed by atoms with Gasteiger partial charge in [-0.1, -0.05) is 24.0 Å². The van der Waals surface area contributed by atoms with Gasteiger partial charge >= 0.3 is 0 Å². The van der Waals surface area contributed by atoms with E-state index in [0.717, 1.165) is 5.56 Å². The van der Waals surface area contributed by atoms with E-state index in [2.05, 4.69) is 17.2 Å². The zero-order valence-corrected chi connectivity index (χ0v) is 15.4. The lowest BCUT2D eigenvalue weighted by atomic mass is 10.1. The second-order valence-corrected chi connectivity index (χ2v) is 8.50. The standard InChI is InChI=1S/C20H20FNO3S/c1-15(2)26(24,25)19-11-7-17(8-12-19)14-20(23)22-13-3-4-16-5-9-18(21)10-6-16/h5-12,15H,13-14H2,1-2H3,(H,22,23). The molecule has 2 rings (SSSR count). The van der Waals surface area contributed by atoms with Gasteiger partial charge in [0, 0.05) is 5.56 Å². The fourth-order valence-corrected chi connectivity index (χ4v) is 3.20. The van der Waals surface area contributed by atoms with E-state index in [4.69, 9.17) is 0 Å². The Morgan fingerprint density at radius 3 is 2.27 bits per heavy atom. The number of benzene rings is 2. The molecule has 0 fully saturated rings. The molecule has 0 atom stereocenters. The molecule has 0 aliphatic rings. The molecule has 2 aromatic rings. The summed E-state index contributed by atoms with van der Waals surface area (Å²) in [6, 6.07) is 12.1. The molecule has 136 valence electrons. The summed E-state index contributed by atoms with van der Waals surface area (Å²) >= 11 is 0. The molecule has 0 aromatic heterocycles. The van der Waals surface area contributed by atoms with Crippen LogP contribution >= 0.6 is 0 Å².